The second-order valence-corrected chi connectivity index (χ2v) is 37.2. The molecule has 0 unspecified atom stereocenters. The van der Waals surface area contributed by atoms with Gasteiger partial charge in [0, 0.05) is 51.4 Å². The Kier molecular flexibility index (Phi) is 19.1. The highest BCUT2D eigenvalue weighted by molar-refractivity contribution is 5.62. The summed E-state index contributed by atoms with van der Waals surface area (Å²) >= 11 is 0. The van der Waals surface area contributed by atoms with Gasteiger partial charge >= 0.3 is 0 Å². The molecule has 0 saturated carbocycles. The lowest BCUT2D eigenvalue weighted by atomic mass is 9.79. The molecule has 8 heteroatoms. The van der Waals surface area contributed by atoms with E-state index in [1.54, 1.807) is 0 Å². The summed E-state index contributed by atoms with van der Waals surface area (Å²) in [6.07, 6.45) is 2.08. The molecule has 0 spiro atoms. The van der Waals surface area contributed by atoms with E-state index in [9.17, 15) is 30.6 Å². The zero-order valence-electron chi connectivity index (χ0n) is 63.8. The van der Waals surface area contributed by atoms with Gasteiger partial charge in [0.25, 0.3) is 0 Å². The zero-order chi connectivity index (χ0) is 72.3. The van der Waals surface area contributed by atoms with Crippen LogP contribution in [-0.2, 0) is 94.7 Å². The monoisotopic (exact) mass is 1320 g/mol. The minimum atomic E-state index is -0.353. The van der Waals surface area contributed by atoms with Crippen molar-refractivity contribution in [2.45, 2.75) is 261 Å². The van der Waals surface area contributed by atoms with Crippen molar-refractivity contribution in [1.82, 2.24) is 0 Å². The Labute approximate surface area is 587 Å². The van der Waals surface area contributed by atoms with Crippen LogP contribution < -0.4 is 9.47 Å². The van der Waals surface area contributed by atoms with Crippen molar-refractivity contribution in [3.8, 4) is 46.0 Å². The van der Waals surface area contributed by atoms with Crippen LogP contribution in [0.15, 0.2) is 97.1 Å². The van der Waals surface area contributed by atoms with E-state index in [2.05, 4.69) is 263 Å². The minimum absolute atomic E-state index is 0.104. The summed E-state index contributed by atoms with van der Waals surface area (Å²) in [7, 11) is 0. The van der Waals surface area contributed by atoms with Crippen molar-refractivity contribution in [3.05, 3.63) is 231 Å². The number of phenols is 6. The molecule has 0 atom stereocenters. The number of rotatable bonds is 0. The van der Waals surface area contributed by atoms with Gasteiger partial charge in [-0.2, -0.15) is 0 Å². The third-order valence-corrected chi connectivity index (χ3v) is 20.6. The van der Waals surface area contributed by atoms with E-state index in [4.69, 9.17) is 9.47 Å². The van der Waals surface area contributed by atoms with Crippen LogP contribution in [0.5, 0.6) is 46.0 Å². The van der Waals surface area contributed by atoms with Gasteiger partial charge in [0.1, 0.15) is 59.2 Å². The highest BCUT2D eigenvalue weighted by atomic mass is 16.5. The van der Waals surface area contributed by atoms with Crippen molar-refractivity contribution in [2.75, 3.05) is 13.2 Å². The van der Waals surface area contributed by atoms with Gasteiger partial charge in [-0.3, -0.25) is 0 Å². The first-order valence-electron chi connectivity index (χ1n) is 35.7. The van der Waals surface area contributed by atoms with E-state index in [-0.39, 0.29) is 142 Å². The Morgan fingerprint density at radius 1 is 0.184 bits per heavy atom. The molecule has 10 rings (SSSR count). The van der Waals surface area contributed by atoms with Gasteiger partial charge in [0.2, 0.25) is 0 Å². The molecule has 522 valence electrons. The number of benzene rings is 8. The Morgan fingerprint density at radius 3 is 0.398 bits per heavy atom. The largest absolute Gasteiger partial charge is 0.507 e. The predicted molar refractivity (Wildman–Crippen MR) is 405 cm³/mol. The van der Waals surface area contributed by atoms with Gasteiger partial charge in [-0.1, -0.05) is 263 Å². The minimum Gasteiger partial charge on any atom is -0.507 e. The highest BCUT2D eigenvalue weighted by Crippen LogP contribution is 2.47. The maximum absolute atomic E-state index is 13.1. The molecule has 8 aromatic carbocycles. The van der Waals surface area contributed by atoms with E-state index in [0.717, 1.165) is 66.8 Å². The summed E-state index contributed by atoms with van der Waals surface area (Å²) < 4.78 is 14.8. The van der Waals surface area contributed by atoms with Gasteiger partial charge in [0.15, 0.2) is 0 Å². The Morgan fingerprint density at radius 2 is 0.286 bits per heavy atom. The smallest absolute Gasteiger partial charge is 0.126 e. The number of hydrogen-bond donors (Lipinski definition) is 6. The van der Waals surface area contributed by atoms with E-state index < -0.39 is 0 Å². The summed E-state index contributed by atoms with van der Waals surface area (Å²) in [4.78, 5) is 0. The molecule has 0 aliphatic carbocycles. The van der Waals surface area contributed by atoms with Crippen LogP contribution in [0, 0.1) is 0 Å². The standard InChI is InChI=1S/C90H114O8/c1-83(2,3)67-35-51-27-55-39-69(85(7,8)9)43-59(77(55)93)31-63-47-73(89(19,20)21)49-65-33-61-45-71(87(13,14)15)41-57(79(61)95)29-53-37-68(84(4,5)6)38-54(76(53)92)30-58-42-72(88(16,17)18)46-62(80(58)96)34-66-50-74(90(22,23)24)48-64(82(66)98-26-25-97-81(63)65)32-60-44-70(86(10,11)12)40-56(78(60)94)28-52(36-67)75(51)91/h35-50,91-96H,25-34H2,1-24H3. The molecule has 0 saturated heterocycles. The van der Waals surface area contributed by atoms with E-state index in [1.165, 1.54) is 0 Å². The number of fused-ring (bicyclic) bond motifs is 15. The van der Waals surface area contributed by atoms with Gasteiger partial charge in [-0.05, 0) is 177 Å². The van der Waals surface area contributed by atoms with Crippen LogP contribution in [0.1, 0.15) is 300 Å². The number of hydrogen-bond acceptors (Lipinski definition) is 8. The Bertz CT molecular complexity index is 3880. The fourth-order valence-electron chi connectivity index (χ4n) is 14.0. The molecule has 14 bridgehead atoms. The maximum Gasteiger partial charge on any atom is 0.126 e. The molecule has 2 aliphatic rings. The lowest BCUT2D eigenvalue weighted by molar-refractivity contribution is 0.212. The first-order valence-corrected chi connectivity index (χ1v) is 35.7. The number of ether oxygens (including phenoxy) is 2. The van der Waals surface area contributed by atoms with E-state index in [1.807, 2.05) is 0 Å². The Balaban J connectivity index is 1.35. The molecule has 98 heavy (non-hydrogen) atoms. The van der Waals surface area contributed by atoms with Crippen molar-refractivity contribution in [2.24, 2.45) is 0 Å². The van der Waals surface area contributed by atoms with Gasteiger partial charge < -0.3 is 40.1 Å². The molecular weight excluding hydrogens is 1210 g/mol. The SMILES string of the molecule is CC(C)(C)c1cc2c(O)c(c1)Cc1cc(C(C)(C)C)cc(c1O)Cc1cc(C(C)(C)C)cc3c1OCCOc1c(cc(C(C)(C)C)cc1Cc1cc(C(C)(C)C)cc(c1O)Cc1cc(C(C)(C)C)cc(c1O)Cc1cc(C(C)(C)C)cc(c1O)C3)Cc1cc(C(C)(C)C)cc(c1O)C2. The molecule has 8 aromatic rings. The average Bonchev–Trinajstić information content (AvgIpc) is 0.825. The lowest BCUT2D eigenvalue weighted by Crippen LogP contribution is -2.18. The highest BCUT2D eigenvalue weighted by Gasteiger charge is 2.32. The van der Waals surface area contributed by atoms with Crippen molar-refractivity contribution in [1.29, 1.82) is 0 Å². The van der Waals surface area contributed by atoms with Gasteiger partial charge in [-0.15, -0.1) is 0 Å². The molecule has 8 nitrogen and oxygen atoms in total. The second-order valence-electron chi connectivity index (χ2n) is 37.2. The molecule has 0 aromatic heterocycles. The fraction of sp³-hybridized carbons (Fsp3) is 0.467. The van der Waals surface area contributed by atoms with Crippen LogP contribution in [0.4, 0.5) is 0 Å². The zero-order valence-corrected chi connectivity index (χ0v) is 63.8. The molecule has 0 radical (unpaired) electrons. The van der Waals surface area contributed by atoms with Crippen molar-refractivity contribution in [3.63, 3.8) is 0 Å². The number of aromatic hydroxyl groups is 6. The quantitative estimate of drug-likeness (QED) is 0.0882. The van der Waals surface area contributed by atoms with E-state index in [0.29, 0.717) is 78.3 Å². The van der Waals surface area contributed by atoms with Crippen LogP contribution >= 0.6 is 0 Å². The predicted octanol–water partition coefficient (Wildman–Crippen LogP) is 21.1. The topological polar surface area (TPSA) is 140 Å². The third kappa shape index (κ3) is 15.6. The summed E-state index contributed by atoms with van der Waals surface area (Å²) in [5.74, 6) is 2.05. The van der Waals surface area contributed by atoms with E-state index >= 15 is 0 Å². The summed E-state index contributed by atoms with van der Waals surface area (Å²) in [6, 6.07) is 34.2. The van der Waals surface area contributed by atoms with Crippen molar-refractivity contribution < 1.29 is 40.1 Å². The van der Waals surface area contributed by atoms with Gasteiger partial charge in [0.05, 0.1) is 0 Å². The molecular formula is C90H114O8. The summed E-state index contributed by atoms with van der Waals surface area (Å²) in [5.41, 5.74) is 17.3. The van der Waals surface area contributed by atoms with Crippen molar-refractivity contribution >= 4 is 0 Å². The third-order valence-electron chi connectivity index (χ3n) is 20.6. The van der Waals surface area contributed by atoms with Crippen LogP contribution in [0.2, 0.25) is 0 Å². The second kappa shape index (κ2) is 25.7. The molecule has 0 amide bonds. The maximum atomic E-state index is 13.1. The first-order chi connectivity index (χ1) is 45.0. The molecule has 6 N–H and O–H groups in total. The first kappa shape index (κ1) is 72.9. The molecule has 0 fully saturated rings. The average molecular weight is 1320 g/mol. The van der Waals surface area contributed by atoms with Crippen LogP contribution in [0.3, 0.4) is 0 Å². The summed E-state index contributed by atoms with van der Waals surface area (Å²) in [5, 5.41) is 78.2. The molecule has 2 aliphatic heterocycles. The molecule has 2 heterocycles. The Hall–Kier alpha value is -7.84. The van der Waals surface area contributed by atoms with Crippen LogP contribution in [-0.4, -0.2) is 43.9 Å². The fourth-order valence-corrected chi connectivity index (χ4v) is 14.0. The lowest BCUT2D eigenvalue weighted by Gasteiger charge is -2.27. The normalized spacial score (nSPS) is 14.7. The summed E-state index contributed by atoms with van der Waals surface area (Å²) in [6.45, 7) is 52.8. The number of phenolic OH excluding ortho intramolecular Hbond substituents is 6. The van der Waals surface area contributed by atoms with Crippen LogP contribution in [0.25, 0.3) is 0 Å². The van der Waals surface area contributed by atoms with Gasteiger partial charge in [-0.25, -0.2) is 0 Å².